The van der Waals surface area contributed by atoms with Gasteiger partial charge in [-0.2, -0.15) is 5.26 Å². The normalized spacial score (nSPS) is 11.8. The first kappa shape index (κ1) is 21.4. The number of nitrogens with one attached hydrogen (secondary N) is 2. The highest BCUT2D eigenvalue weighted by Gasteiger charge is 2.25. The maximum Gasteiger partial charge on any atom is 0.243 e. The van der Waals surface area contributed by atoms with Crippen molar-refractivity contribution in [1.29, 1.82) is 5.26 Å². The van der Waals surface area contributed by atoms with Crippen LogP contribution >= 0.6 is 0 Å². The number of rotatable bonds is 10. The molecular formula is C23H29N3O2. The van der Waals surface area contributed by atoms with Crippen LogP contribution in [0.3, 0.4) is 0 Å². The lowest BCUT2D eigenvalue weighted by atomic mass is 9.96. The molecule has 2 aromatic carbocycles. The average molecular weight is 380 g/mol. The maximum absolute atomic E-state index is 12.8. The van der Waals surface area contributed by atoms with Crippen LogP contribution in [0.25, 0.3) is 10.8 Å². The van der Waals surface area contributed by atoms with E-state index in [2.05, 4.69) is 24.5 Å². The van der Waals surface area contributed by atoms with Crippen molar-refractivity contribution in [3.05, 3.63) is 48.0 Å². The molecule has 0 aliphatic carbocycles. The van der Waals surface area contributed by atoms with E-state index in [-0.39, 0.29) is 24.3 Å². The number of carbonyl (C=O) groups is 2. The number of nitrogens with zero attached hydrogens (tertiary/aromatic N) is 1. The van der Waals surface area contributed by atoms with Crippen LogP contribution in [-0.4, -0.2) is 24.4 Å². The molecule has 0 saturated carbocycles. The molecule has 148 valence electrons. The van der Waals surface area contributed by atoms with Gasteiger partial charge in [-0.15, -0.1) is 0 Å². The van der Waals surface area contributed by atoms with E-state index in [9.17, 15) is 9.59 Å². The van der Waals surface area contributed by atoms with Crippen molar-refractivity contribution in [2.24, 2.45) is 5.92 Å². The molecule has 1 unspecified atom stereocenters. The third-order valence-corrected chi connectivity index (χ3v) is 4.87. The molecule has 0 radical (unpaired) electrons. The van der Waals surface area contributed by atoms with Gasteiger partial charge in [0.2, 0.25) is 11.8 Å². The Labute approximate surface area is 167 Å². The van der Waals surface area contributed by atoms with Gasteiger partial charge in [0.05, 0.1) is 6.07 Å². The highest BCUT2D eigenvalue weighted by atomic mass is 16.2. The van der Waals surface area contributed by atoms with Gasteiger partial charge in [0.15, 0.2) is 0 Å². The minimum Gasteiger partial charge on any atom is -0.344 e. The van der Waals surface area contributed by atoms with Crippen LogP contribution in [0.15, 0.2) is 42.5 Å². The number of amides is 2. The smallest absolute Gasteiger partial charge is 0.243 e. The first-order chi connectivity index (χ1) is 13.6. The van der Waals surface area contributed by atoms with Crippen LogP contribution < -0.4 is 10.6 Å². The zero-order valence-electron chi connectivity index (χ0n) is 16.7. The van der Waals surface area contributed by atoms with E-state index in [0.29, 0.717) is 6.42 Å². The third kappa shape index (κ3) is 6.09. The van der Waals surface area contributed by atoms with Gasteiger partial charge in [-0.3, -0.25) is 9.59 Å². The van der Waals surface area contributed by atoms with Gasteiger partial charge < -0.3 is 10.6 Å². The maximum atomic E-state index is 12.8. The molecule has 0 heterocycles. The molecule has 5 nitrogen and oxygen atoms in total. The first-order valence-electron chi connectivity index (χ1n) is 10.0. The van der Waals surface area contributed by atoms with Crippen LogP contribution in [0.4, 0.5) is 0 Å². The van der Waals surface area contributed by atoms with Gasteiger partial charge in [-0.25, -0.2) is 0 Å². The van der Waals surface area contributed by atoms with E-state index in [1.807, 2.05) is 48.5 Å². The van der Waals surface area contributed by atoms with Crippen molar-refractivity contribution >= 4 is 22.6 Å². The molecule has 2 amide bonds. The molecule has 28 heavy (non-hydrogen) atoms. The van der Waals surface area contributed by atoms with Crippen molar-refractivity contribution in [3.63, 3.8) is 0 Å². The zero-order chi connectivity index (χ0) is 20.4. The van der Waals surface area contributed by atoms with E-state index < -0.39 is 6.04 Å². The minimum absolute atomic E-state index is 0.0731. The summed E-state index contributed by atoms with van der Waals surface area (Å²) in [6.07, 6.45) is 3.85. The van der Waals surface area contributed by atoms with Gasteiger partial charge in [0.25, 0.3) is 0 Å². The number of fused-ring (bicyclic) bond motifs is 1. The predicted molar refractivity (Wildman–Crippen MR) is 112 cm³/mol. The molecule has 0 aliphatic heterocycles. The molecular weight excluding hydrogens is 350 g/mol. The van der Waals surface area contributed by atoms with E-state index in [4.69, 9.17) is 5.26 Å². The summed E-state index contributed by atoms with van der Waals surface area (Å²) in [4.78, 5) is 25.3. The Morgan fingerprint density at radius 1 is 1.00 bits per heavy atom. The average Bonchev–Trinajstić information content (AvgIpc) is 2.71. The lowest BCUT2D eigenvalue weighted by Crippen LogP contribution is -2.49. The van der Waals surface area contributed by atoms with E-state index in [1.54, 1.807) is 0 Å². The molecule has 2 aromatic rings. The second kappa shape index (κ2) is 11.1. The molecule has 0 spiro atoms. The van der Waals surface area contributed by atoms with Crippen LogP contribution in [0.5, 0.6) is 0 Å². The third-order valence-electron chi connectivity index (χ3n) is 4.87. The van der Waals surface area contributed by atoms with Crippen LogP contribution in [0.2, 0.25) is 0 Å². The van der Waals surface area contributed by atoms with Crippen molar-refractivity contribution < 1.29 is 9.59 Å². The Kier molecular flexibility index (Phi) is 8.48. The number of nitriles is 1. The second-order valence-electron chi connectivity index (χ2n) is 7.10. The summed E-state index contributed by atoms with van der Waals surface area (Å²) in [6.45, 7) is 4.04. The predicted octanol–water partition coefficient (Wildman–Crippen LogP) is 3.72. The summed E-state index contributed by atoms with van der Waals surface area (Å²) in [6, 6.07) is 15.3. The van der Waals surface area contributed by atoms with Crippen LogP contribution in [0.1, 0.15) is 45.1 Å². The standard InChI is InChI=1S/C23H29N3O2/c1-3-7-19(8-4-2)22(27)26-21(23(28)25-14-13-24)16-17-11-12-18-9-5-6-10-20(18)15-17/h5-6,9-12,15,19,21H,3-4,7-8,14,16H2,1-2H3,(H,25,28)(H,26,27). The Balaban J connectivity index is 2.18. The summed E-state index contributed by atoms with van der Waals surface area (Å²) < 4.78 is 0. The monoisotopic (exact) mass is 379 g/mol. The van der Waals surface area contributed by atoms with Crippen molar-refractivity contribution in [3.8, 4) is 6.07 Å². The molecule has 5 heteroatoms. The lowest BCUT2D eigenvalue weighted by Gasteiger charge is -2.22. The highest BCUT2D eigenvalue weighted by Crippen LogP contribution is 2.18. The van der Waals surface area contributed by atoms with Gasteiger partial charge in [-0.1, -0.05) is 69.2 Å². The number of hydrogen-bond acceptors (Lipinski definition) is 3. The topological polar surface area (TPSA) is 82.0 Å². The Hall–Kier alpha value is -2.87. The number of carbonyl (C=O) groups excluding carboxylic acids is 2. The van der Waals surface area contributed by atoms with Gasteiger partial charge >= 0.3 is 0 Å². The van der Waals surface area contributed by atoms with Crippen molar-refractivity contribution in [1.82, 2.24) is 10.6 Å². The van der Waals surface area contributed by atoms with Crippen LogP contribution in [-0.2, 0) is 16.0 Å². The lowest BCUT2D eigenvalue weighted by molar-refractivity contribution is -0.131. The SMILES string of the molecule is CCCC(CCC)C(=O)NC(Cc1ccc2ccccc2c1)C(=O)NCC#N. The Morgan fingerprint density at radius 2 is 1.68 bits per heavy atom. The van der Waals surface area contributed by atoms with Crippen LogP contribution in [0, 0.1) is 17.2 Å². The first-order valence-corrected chi connectivity index (χ1v) is 10.0. The van der Waals surface area contributed by atoms with Gasteiger partial charge in [-0.05, 0) is 29.2 Å². The van der Waals surface area contributed by atoms with Gasteiger partial charge in [0.1, 0.15) is 12.6 Å². The highest BCUT2D eigenvalue weighted by molar-refractivity contribution is 5.89. The molecule has 0 saturated heterocycles. The zero-order valence-corrected chi connectivity index (χ0v) is 16.7. The fraction of sp³-hybridized carbons (Fsp3) is 0.435. The summed E-state index contributed by atoms with van der Waals surface area (Å²) in [7, 11) is 0. The molecule has 1 atom stereocenters. The number of hydrogen-bond donors (Lipinski definition) is 2. The Bertz CT molecular complexity index is 835. The summed E-state index contributed by atoms with van der Waals surface area (Å²) in [5.41, 5.74) is 0.971. The van der Waals surface area contributed by atoms with E-state index in [0.717, 1.165) is 42.0 Å². The van der Waals surface area contributed by atoms with Crippen molar-refractivity contribution in [2.75, 3.05) is 6.54 Å². The van der Waals surface area contributed by atoms with E-state index in [1.165, 1.54) is 0 Å². The molecule has 0 bridgehead atoms. The van der Waals surface area contributed by atoms with E-state index >= 15 is 0 Å². The summed E-state index contributed by atoms with van der Waals surface area (Å²) in [5, 5.41) is 16.5. The molecule has 0 fully saturated rings. The summed E-state index contributed by atoms with van der Waals surface area (Å²) in [5.74, 6) is -0.491. The Morgan fingerprint density at radius 3 is 2.32 bits per heavy atom. The minimum atomic E-state index is -0.696. The molecule has 2 rings (SSSR count). The quantitative estimate of drug-likeness (QED) is 0.617. The molecule has 0 aromatic heterocycles. The number of benzene rings is 2. The molecule has 2 N–H and O–H groups in total. The molecule has 0 aliphatic rings. The largest absolute Gasteiger partial charge is 0.344 e. The van der Waals surface area contributed by atoms with Gasteiger partial charge in [0, 0.05) is 12.3 Å². The second-order valence-corrected chi connectivity index (χ2v) is 7.10. The summed E-state index contributed by atoms with van der Waals surface area (Å²) >= 11 is 0. The fourth-order valence-corrected chi connectivity index (χ4v) is 3.45. The fourth-order valence-electron chi connectivity index (χ4n) is 3.45. The van der Waals surface area contributed by atoms with Crippen molar-refractivity contribution in [2.45, 2.75) is 52.0 Å².